The second-order valence-corrected chi connectivity index (χ2v) is 6.66. The maximum absolute atomic E-state index is 6.11. The van der Waals surface area contributed by atoms with E-state index in [4.69, 9.17) is 14.7 Å². The molecule has 0 saturated carbocycles. The summed E-state index contributed by atoms with van der Waals surface area (Å²) >= 11 is 1.56. The van der Waals surface area contributed by atoms with Gasteiger partial charge in [0.2, 0.25) is 5.16 Å². The lowest BCUT2D eigenvalue weighted by Gasteiger charge is -2.02. The molecule has 0 atom stereocenters. The molecule has 0 unspecified atom stereocenters. The molecular formula is C17H17N5O2S. The highest BCUT2D eigenvalue weighted by Crippen LogP contribution is 2.25. The van der Waals surface area contributed by atoms with Crippen LogP contribution in [-0.4, -0.2) is 25.6 Å². The molecule has 2 N–H and O–H groups in total. The first-order chi connectivity index (χ1) is 12.2. The van der Waals surface area contributed by atoms with Crippen molar-refractivity contribution in [3.05, 3.63) is 48.2 Å². The average Bonchev–Trinajstić information content (AvgIpc) is 3.30. The van der Waals surface area contributed by atoms with Crippen molar-refractivity contribution in [2.75, 3.05) is 11.6 Å². The third-order valence-corrected chi connectivity index (χ3v) is 4.90. The number of hydrogen-bond donors (Lipinski definition) is 1. The molecule has 0 aliphatic carbocycles. The Morgan fingerprint density at radius 3 is 2.88 bits per heavy atom. The number of furan rings is 1. The van der Waals surface area contributed by atoms with Crippen LogP contribution in [0.3, 0.4) is 0 Å². The highest BCUT2D eigenvalue weighted by Gasteiger charge is 2.15. The Balaban J connectivity index is 1.36. The molecule has 8 heteroatoms. The molecule has 1 aromatic carbocycles. The molecule has 0 saturated heterocycles. The number of thioether (sulfide) groups is 1. The summed E-state index contributed by atoms with van der Waals surface area (Å²) in [5, 5.41) is 9.00. The number of hydrogen-bond acceptors (Lipinski definition) is 7. The fourth-order valence-corrected chi connectivity index (χ4v) is 3.39. The zero-order valence-electron chi connectivity index (χ0n) is 13.7. The summed E-state index contributed by atoms with van der Waals surface area (Å²) < 4.78 is 12.5. The highest BCUT2D eigenvalue weighted by atomic mass is 32.2. The number of nitrogen functional groups attached to an aromatic ring is 1. The zero-order valence-corrected chi connectivity index (χ0v) is 14.5. The molecule has 4 rings (SSSR count). The molecule has 0 radical (unpaired) electrons. The molecule has 7 nitrogen and oxygen atoms in total. The summed E-state index contributed by atoms with van der Waals surface area (Å²) in [6.07, 6.45) is 3.30. The Bertz CT molecular complexity index is 970. The van der Waals surface area contributed by atoms with Crippen molar-refractivity contribution in [2.24, 2.45) is 0 Å². The number of fused-ring (bicyclic) bond motifs is 1. The first-order valence-electron chi connectivity index (χ1n) is 7.94. The maximum Gasteiger partial charge on any atom is 0.210 e. The van der Waals surface area contributed by atoms with Crippen LogP contribution < -0.4 is 5.84 Å². The third-order valence-electron chi connectivity index (χ3n) is 3.87. The molecule has 0 fully saturated rings. The number of rotatable bonds is 6. The SMILES string of the molecule is Cc1occc1-c1nnc(SCCCc2nc3ccccc3o2)n1N. The van der Waals surface area contributed by atoms with Crippen molar-refractivity contribution >= 4 is 22.9 Å². The minimum atomic E-state index is 0.604. The van der Waals surface area contributed by atoms with E-state index in [2.05, 4.69) is 15.2 Å². The summed E-state index contributed by atoms with van der Waals surface area (Å²) in [6.45, 7) is 1.87. The van der Waals surface area contributed by atoms with Crippen LogP contribution in [0.25, 0.3) is 22.5 Å². The predicted octanol–water partition coefficient (Wildman–Crippen LogP) is 3.43. The van der Waals surface area contributed by atoms with E-state index in [1.807, 2.05) is 37.3 Å². The molecule has 3 heterocycles. The smallest absolute Gasteiger partial charge is 0.210 e. The molecule has 0 bridgehead atoms. The second-order valence-electron chi connectivity index (χ2n) is 5.59. The molecule has 3 aromatic heterocycles. The number of benzene rings is 1. The van der Waals surface area contributed by atoms with Crippen LogP contribution in [0, 0.1) is 6.92 Å². The Morgan fingerprint density at radius 2 is 2.08 bits per heavy atom. The lowest BCUT2D eigenvalue weighted by Crippen LogP contribution is -2.11. The van der Waals surface area contributed by atoms with Crippen LogP contribution in [0.5, 0.6) is 0 Å². The van der Waals surface area contributed by atoms with Gasteiger partial charge in [-0.25, -0.2) is 9.66 Å². The topological polar surface area (TPSA) is 95.9 Å². The fourth-order valence-electron chi connectivity index (χ4n) is 2.59. The summed E-state index contributed by atoms with van der Waals surface area (Å²) in [4.78, 5) is 4.48. The van der Waals surface area contributed by atoms with Gasteiger partial charge in [-0.2, -0.15) is 0 Å². The van der Waals surface area contributed by atoms with Gasteiger partial charge in [-0.15, -0.1) is 10.2 Å². The summed E-state index contributed by atoms with van der Waals surface area (Å²) in [6, 6.07) is 9.62. The number of para-hydroxylation sites is 2. The van der Waals surface area contributed by atoms with Crippen LogP contribution in [0.2, 0.25) is 0 Å². The molecule has 0 aliphatic heterocycles. The van der Waals surface area contributed by atoms with Crippen LogP contribution in [0.15, 0.2) is 50.6 Å². The Hall–Kier alpha value is -2.74. The van der Waals surface area contributed by atoms with E-state index in [9.17, 15) is 0 Å². The van der Waals surface area contributed by atoms with Gasteiger partial charge in [0.25, 0.3) is 0 Å². The largest absolute Gasteiger partial charge is 0.469 e. The number of oxazole rings is 1. The van der Waals surface area contributed by atoms with Crippen LogP contribution in [-0.2, 0) is 6.42 Å². The summed E-state index contributed by atoms with van der Waals surface area (Å²) in [7, 11) is 0. The standard InChI is InChI=1S/C17H17N5O2S/c1-11-12(8-9-23-11)16-20-21-17(22(16)18)25-10-4-7-15-19-13-5-2-3-6-14(13)24-15/h2-3,5-6,8-9H,4,7,10,18H2,1H3. The quantitative estimate of drug-likeness (QED) is 0.321. The molecule has 0 spiro atoms. The Labute approximate surface area is 148 Å². The predicted molar refractivity (Wildman–Crippen MR) is 95.7 cm³/mol. The molecule has 128 valence electrons. The Kier molecular flexibility index (Phi) is 4.19. The first kappa shape index (κ1) is 15.8. The van der Waals surface area contributed by atoms with Gasteiger partial charge in [0, 0.05) is 12.2 Å². The van der Waals surface area contributed by atoms with Gasteiger partial charge in [0.05, 0.1) is 11.8 Å². The van der Waals surface area contributed by atoms with Gasteiger partial charge in [-0.3, -0.25) is 0 Å². The normalized spacial score (nSPS) is 11.4. The van der Waals surface area contributed by atoms with E-state index in [-0.39, 0.29) is 0 Å². The van der Waals surface area contributed by atoms with Crippen molar-refractivity contribution < 1.29 is 8.83 Å². The van der Waals surface area contributed by atoms with Gasteiger partial charge in [0.15, 0.2) is 17.3 Å². The van der Waals surface area contributed by atoms with E-state index >= 15 is 0 Å². The number of aryl methyl sites for hydroxylation is 2. The van der Waals surface area contributed by atoms with Gasteiger partial charge >= 0.3 is 0 Å². The van der Waals surface area contributed by atoms with Crippen molar-refractivity contribution in [2.45, 2.75) is 24.9 Å². The highest BCUT2D eigenvalue weighted by molar-refractivity contribution is 7.99. The van der Waals surface area contributed by atoms with Crippen LogP contribution in [0.1, 0.15) is 18.1 Å². The van der Waals surface area contributed by atoms with Gasteiger partial charge in [-0.1, -0.05) is 23.9 Å². The summed E-state index contributed by atoms with van der Waals surface area (Å²) in [5.41, 5.74) is 2.58. The number of nitrogens with zero attached hydrogens (tertiary/aromatic N) is 4. The number of nitrogens with two attached hydrogens (primary N) is 1. The van der Waals surface area contributed by atoms with Crippen molar-refractivity contribution in [3.8, 4) is 11.4 Å². The van der Waals surface area contributed by atoms with Crippen molar-refractivity contribution in [3.63, 3.8) is 0 Å². The van der Waals surface area contributed by atoms with E-state index in [0.29, 0.717) is 11.0 Å². The van der Waals surface area contributed by atoms with E-state index in [0.717, 1.165) is 46.9 Å². The Morgan fingerprint density at radius 1 is 1.20 bits per heavy atom. The lowest BCUT2D eigenvalue weighted by atomic mass is 10.2. The molecule has 25 heavy (non-hydrogen) atoms. The van der Waals surface area contributed by atoms with E-state index < -0.39 is 0 Å². The first-order valence-corrected chi connectivity index (χ1v) is 8.93. The molecule has 0 amide bonds. The maximum atomic E-state index is 6.11. The second kappa shape index (κ2) is 6.64. The minimum Gasteiger partial charge on any atom is -0.469 e. The van der Waals surface area contributed by atoms with Crippen LogP contribution in [0.4, 0.5) is 0 Å². The van der Waals surface area contributed by atoms with E-state index in [1.54, 1.807) is 18.0 Å². The third kappa shape index (κ3) is 3.12. The van der Waals surface area contributed by atoms with Gasteiger partial charge < -0.3 is 14.7 Å². The van der Waals surface area contributed by atoms with Gasteiger partial charge in [0.1, 0.15) is 11.3 Å². The van der Waals surface area contributed by atoms with Crippen molar-refractivity contribution in [1.82, 2.24) is 19.9 Å². The van der Waals surface area contributed by atoms with Gasteiger partial charge in [-0.05, 0) is 31.5 Å². The molecule has 4 aromatic rings. The minimum absolute atomic E-state index is 0.604. The van der Waals surface area contributed by atoms with Crippen molar-refractivity contribution in [1.29, 1.82) is 0 Å². The summed E-state index contributed by atoms with van der Waals surface area (Å²) in [5.74, 6) is 9.08. The lowest BCUT2D eigenvalue weighted by molar-refractivity contribution is 0.526. The fraction of sp³-hybridized carbons (Fsp3) is 0.235. The zero-order chi connectivity index (χ0) is 17.2. The van der Waals surface area contributed by atoms with E-state index in [1.165, 1.54) is 4.68 Å². The average molecular weight is 355 g/mol. The molecule has 0 aliphatic rings. The monoisotopic (exact) mass is 355 g/mol. The molecular weight excluding hydrogens is 338 g/mol. The van der Waals surface area contributed by atoms with Crippen LogP contribution >= 0.6 is 11.8 Å². The number of aromatic nitrogens is 4.